The molecule has 0 radical (unpaired) electrons. The molecule has 76 valence electrons. The van der Waals surface area contributed by atoms with E-state index in [-0.39, 0.29) is 0 Å². The van der Waals surface area contributed by atoms with Crippen molar-refractivity contribution in [3.63, 3.8) is 0 Å². The number of hydrogen-bond acceptors (Lipinski definition) is 2. The number of pyridine rings is 1. The van der Waals surface area contributed by atoms with Crippen LogP contribution in [-0.2, 0) is 0 Å². The monoisotopic (exact) mass is 199 g/mol. The summed E-state index contributed by atoms with van der Waals surface area (Å²) >= 11 is 0. The second kappa shape index (κ2) is 3.23. The number of aromatic nitrogens is 1. The Bertz CT molecular complexity index is 503. The summed E-state index contributed by atoms with van der Waals surface area (Å²) in [5.41, 5.74) is 2.36. The highest BCUT2D eigenvalue weighted by molar-refractivity contribution is 5.85. The van der Waals surface area contributed by atoms with Crippen molar-refractivity contribution in [2.24, 2.45) is 0 Å². The van der Waals surface area contributed by atoms with Crippen LogP contribution in [0.2, 0.25) is 0 Å². The number of hydrogen-bond donors (Lipinski definition) is 0. The van der Waals surface area contributed by atoms with Crippen LogP contribution >= 0.6 is 0 Å². The van der Waals surface area contributed by atoms with E-state index in [1.165, 1.54) is 23.8 Å². The molecular formula is C13H13NO. The molecule has 1 aliphatic rings. The van der Waals surface area contributed by atoms with E-state index in [1.807, 2.05) is 12.3 Å². The Morgan fingerprint density at radius 1 is 1.33 bits per heavy atom. The van der Waals surface area contributed by atoms with E-state index in [4.69, 9.17) is 4.74 Å². The van der Waals surface area contributed by atoms with Crippen LogP contribution in [0.3, 0.4) is 0 Å². The van der Waals surface area contributed by atoms with Gasteiger partial charge in [-0.15, -0.1) is 0 Å². The molecule has 1 heterocycles. The molecule has 0 N–H and O–H groups in total. The van der Waals surface area contributed by atoms with Crippen molar-refractivity contribution in [3.8, 4) is 5.75 Å². The summed E-state index contributed by atoms with van der Waals surface area (Å²) in [5, 5.41) is 1.18. The van der Waals surface area contributed by atoms with Crippen molar-refractivity contribution in [3.05, 3.63) is 36.0 Å². The van der Waals surface area contributed by atoms with Crippen molar-refractivity contribution in [1.82, 2.24) is 4.98 Å². The van der Waals surface area contributed by atoms with Crippen LogP contribution in [0.1, 0.15) is 24.3 Å². The molecule has 0 bridgehead atoms. The molecule has 0 unspecified atom stereocenters. The lowest BCUT2D eigenvalue weighted by Gasteiger charge is -2.07. The average Bonchev–Trinajstić information content (AvgIpc) is 3.11. The van der Waals surface area contributed by atoms with E-state index in [2.05, 4.69) is 23.2 Å². The lowest BCUT2D eigenvalue weighted by atomic mass is 10.1. The fourth-order valence-electron chi connectivity index (χ4n) is 1.99. The van der Waals surface area contributed by atoms with Gasteiger partial charge in [0.25, 0.3) is 0 Å². The highest BCUT2D eigenvalue weighted by atomic mass is 16.5. The van der Waals surface area contributed by atoms with Crippen molar-refractivity contribution in [2.45, 2.75) is 18.8 Å². The molecule has 0 amide bonds. The van der Waals surface area contributed by atoms with Crippen LogP contribution < -0.4 is 4.74 Å². The standard InChI is InChI=1S/C13H13NO/c1-15-12-8-11(9-4-5-9)7-10-3-2-6-14-13(10)12/h2-3,6-9H,4-5H2,1H3. The molecule has 2 heteroatoms. The van der Waals surface area contributed by atoms with Crippen molar-refractivity contribution >= 4 is 10.9 Å². The summed E-state index contributed by atoms with van der Waals surface area (Å²) in [5.74, 6) is 1.65. The van der Waals surface area contributed by atoms with Gasteiger partial charge in [-0.05, 0) is 42.5 Å². The van der Waals surface area contributed by atoms with Gasteiger partial charge in [-0.1, -0.05) is 6.07 Å². The van der Waals surface area contributed by atoms with Gasteiger partial charge in [0.1, 0.15) is 11.3 Å². The van der Waals surface area contributed by atoms with Gasteiger partial charge in [0.15, 0.2) is 0 Å². The first-order chi connectivity index (χ1) is 7.38. The average molecular weight is 199 g/mol. The fourth-order valence-corrected chi connectivity index (χ4v) is 1.99. The Labute approximate surface area is 88.9 Å². The molecule has 1 aromatic heterocycles. The van der Waals surface area contributed by atoms with Gasteiger partial charge in [-0.3, -0.25) is 4.98 Å². The highest BCUT2D eigenvalue weighted by Gasteiger charge is 2.24. The SMILES string of the molecule is COc1cc(C2CC2)cc2cccnc12. The first-order valence-electron chi connectivity index (χ1n) is 5.31. The first kappa shape index (κ1) is 8.72. The van der Waals surface area contributed by atoms with Crippen LogP contribution in [0.15, 0.2) is 30.5 Å². The van der Waals surface area contributed by atoms with Gasteiger partial charge in [-0.25, -0.2) is 0 Å². The van der Waals surface area contributed by atoms with Crippen LogP contribution in [0.4, 0.5) is 0 Å². The van der Waals surface area contributed by atoms with Gasteiger partial charge < -0.3 is 4.74 Å². The Kier molecular flexibility index (Phi) is 1.88. The third-order valence-electron chi connectivity index (χ3n) is 2.96. The summed E-state index contributed by atoms with van der Waals surface area (Å²) in [7, 11) is 1.71. The zero-order chi connectivity index (χ0) is 10.3. The zero-order valence-corrected chi connectivity index (χ0v) is 8.73. The Morgan fingerprint density at radius 3 is 2.93 bits per heavy atom. The summed E-state index contributed by atoms with van der Waals surface area (Å²) in [6.45, 7) is 0. The van der Waals surface area contributed by atoms with E-state index < -0.39 is 0 Å². The molecule has 0 spiro atoms. The number of methoxy groups -OCH3 is 1. The molecule has 1 saturated carbocycles. The van der Waals surface area contributed by atoms with Gasteiger partial charge in [-0.2, -0.15) is 0 Å². The summed E-state index contributed by atoms with van der Waals surface area (Å²) in [4.78, 5) is 4.35. The minimum absolute atomic E-state index is 0.753. The predicted octanol–water partition coefficient (Wildman–Crippen LogP) is 3.12. The third-order valence-corrected chi connectivity index (χ3v) is 2.96. The molecule has 1 aliphatic carbocycles. The van der Waals surface area contributed by atoms with Crippen LogP contribution in [-0.4, -0.2) is 12.1 Å². The summed E-state index contributed by atoms with van der Waals surface area (Å²) in [6, 6.07) is 8.44. The maximum atomic E-state index is 5.38. The second-order valence-electron chi connectivity index (χ2n) is 4.07. The third kappa shape index (κ3) is 1.46. The van der Waals surface area contributed by atoms with Crippen molar-refractivity contribution in [2.75, 3.05) is 7.11 Å². The van der Waals surface area contributed by atoms with E-state index in [1.54, 1.807) is 7.11 Å². The zero-order valence-electron chi connectivity index (χ0n) is 8.73. The predicted molar refractivity (Wildman–Crippen MR) is 60.3 cm³/mol. The maximum Gasteiger partial charge on any atom is 0.145 e. The van der Waals surface area contributed by atoms with Crippen LogP contribution in [0.25, 0.3) is 10.9 Å². The van der Waals surface area contributed by atoms with Gasteiger partial charge >= 0.3 is 0 Å². The Morgan fingerprint density at radius 2 is 2.20 bits per heavy atom. The molecule has 3 rings (SSSR count). The number of rotatable bonds is 2. The topological polar surface area (TPSA) is 22.1 Å². The lowest BCUT2D eigenvalue weighted by Crippen LogP contribution is -1.90. The van der Waals surface area contributed by atoms with Gasteiger partial charge in [0.05, 0.1) is 7.11 Å². The number of fused-ring (bicyclic) bond motifs is 1. The van der Waals surface area contributed by atoms with E-state index >= 15 is 0 Å². The van der Waals surface area contributed by atoms with E-state index in [0.717, 1.165) is 17.2 Å². The molecule has 15 heavy (non-hydrogen) atoms. The first-order valence-corrected chi connectivity index (χ1v) is 5.31. The number of ether oxygens (including phenoxy) is 1. The fraction of sp³-hybridized carbons (Fsp3) is 0.308. The Hall–Kier alpha value is -1.57. The smallest absolute Gasteiger partial charge is 0.145 e. The Balaban J connectivity index is 2.25. The second-order valence-corrected chi connectivity index (χ2v) is 4.07. The summed E-state index contributed by atoms with van der Waals surface area (Å²) in [6.07, 6.45) is 4.44. The molecule has 0 saturated heterocycles. The molecule has 1 aromatic carbocycles. The molecule has 2 nitrogen and oxygen atoms in total. The molecule has 0 atom stereocenters. The lowest BCUT2D eigenvalue weighted by molar-refractivity contribution is 0.418. The molecule has 0 aliphatic heterocycles. The van der Waals surface area contributed by atoms with Gasteiger partial charge in [0.2, 0.25) is 0 Å². The minimum atomic E-state index is 0.753. The van der Waals surface area contributed by atoms with E-state index in [9.17, 15) is 0 Å². The van der Waals surface area contributed by atoms with Gasteiger partial charge in [0, 0.05) is 11.6 Å². The van der Waals surface area contributed by atoms with Crippen LogP contribution in [0, 0.1) is 0 Å². The number of benzene rings is 1. The van der Waals surface area contributed by atoms with Crippen molar-refractivity contribution < 1.29 is 4.74 Å². The number of nitrogens with zero attached hydrogens (tertiary/aromatic N) is 1. The van der Waals surface area contributed by atoms with E-state index in [0.29, 0.717) is 0 Å². The van der Waals surface area contributed by atoms with Crippen LogP contribution in [0.5, 0.6) is 5.75 Å². The molecule has 1 fully saturated rings. The van der Waals surface area contributed by atoms with Crippen molar-refractivity contribution in [1.29, 1.82) is 0 Å². The largest absolute Gasteiger partial charge is 0.494 e. The maximum absolute atomic E-state index is 5.38. The normalized spacial score (nSPS) is 15.5. The quantitative estimate of drug-likeness (QED) is 0.741. The minimum Gasteiger partial charge on any atom is -0.494 e. The highest BCUT2D eigenvalue weighted by Crippen LogP contribution is 2.42. The molecular weight excluding hydrogens is 186 g/mol. The molecule has 2 aromatic rings. The summed E-state index contributed by atoms with van der Waals surface area (Å²) < 4.78 is 5.38.